The van der Waals surface area contributed by atoms with Crippen molar-refractivity contribution in [3.05, 3.63) is 59.4 Å². The molecule has 67 heavy (non-hydrogen) atoms. The minimum absolute atomic E-state index is 0.0226. The Bertz CT molecular complexity index is 1670. The molecule has 14 heteroatoms. The number of rotatable bonds is 33. The number of carbonyl (C=O) groups is 5. The van der Waals surface area contributed by atoms with Crippen LogP contribution >= 0.6 is 0 Å². The number of Topliss-reactive ketones (excluding diaryl/α,β-unsaturated/α-hetero) is 2. The van der Waals surface area contributed by atoms with Gasteiger partial charge in [0.2, 0.25) is 5.78 Å². The van der Waals surface area contributed by atoms with Crippen molar-refractivity contribution in [2.45, 2.75) is 150 Å². The van der Waals surface area contributed by atoms with Gasteiger partial charge in [-0.2, -0.15) is 0 Å². The Morgan fingerprint density at radius 3 is 2.30 bits per heavy atom. The van der Waals surface area contributed by atoms with Gasteiger partial charge in [-0.25, -0.2) is 0 Å². The number of piperidine rings is 1. The zero-order valence-corrected chi connectivity index (χ0v) is 42.3. The van der Waals surface area contributed by atoms with Crippen molar-refractivity contribution < 1.29 is 62.6 Å². The molecule has 0 spiro atoms. The zero-order valence-electron chi connectivity index (χ0n) is 42.3. The standard InChI is InChI=1S/C53H85NO13/c1-36(24-41(6)48(59)33-62-8)16-12-11-13-17-39(4)50(63-9)28-45(21-19-37(2)30-55)66-34-49(60)53(61)54-23-15-14-18-44(54)32-65-35-67-51(29-47(58)40(5)25-38(3)31-56)42(7)26-43-20-22-46(57)52(27-43)64-10/h11-13,16-17,25,29,31,36-37,40-46,50,52,55,57H,14-15,18-24,26-28,30,32-35H2,1-10H3/b13-11+,16-12+,38-25+,39-17+,51-29-/t36-,37-,40-,41-,42-,43?,44+,45+,46-,50+,52-/m1/s1. The largest absolute Gasteiger partial charge is 0.471 e. The number of allylic oxidation sites excluding steroid dienone is 9. The zero-order chi connectivity index (χ0) is 49.9. The Kier molecular flexibility index (Phi) is 29.3. The second-order valence-electron chi connectivity index (χ2n) is 19.1. The molecule has 0 aromatic rings. The van der Waals surface area contributed by atoms with Crippen molar-refractivity contribution in [2.75, 3.05) is 61.1 Å². The average molecular weight is 944 g/mol. The summed E-state index contributed by atoms with van der Waals surface area (Å²) in [6, 6.07) is -0.358. The van der Waals surface area contributed by atoms with Crippen LogP contribution in [0.2, 0.25) is 0 Å². The maximum absolute atomic E-state index is 13.7. The number of aliphatic hydroxyl groups is 2. The van der Waals surface area contributed by atoms with Gasteiger partial charge in [0.05, 0.1) is 37.1 Å². The Morgan fingerprint density at radius 1 is 0.881 bits per heavy atom. The highest BCUT2D eigenvalue weighted by Gasteiger charge is 2.33. The molecule has 1 saturated carbocycles. The van der Waals surface area contributed by atoms with E-state index >= 15 is 0 Å². The minimum Gasteiger partial charge on any atom is -0.471 e. The van der Waals surface area contributed by atoms with E-state index in [1.165, 1.54) is 13.2 Å². The molecule has 380 valence electrons. The van der Waals surface area contributed by atoms with Crippen molar-refractivity contribution in [3.8, 4) is 0 Å². The molecular weight excluding hydrogens is 859 g/mol. The first-order valence-corrected chi connectivity index (χ1v) is 24.4. The van der Waals surface area contributed by atoms with Crippen LogP contribution in [0.4, 0.5) is 0 Å². The van der Waals surface area contributed by atoms with E-state index in [0.29, 0.717) is 69.1 Å². The van der Waals surface area contributed by atoms with Gasteiger partial charge in [0, 0.05) is 64.7 Å². The van der Waals surface area contributed by atoms with Crippen molar-refractivity contribution in [2.24, 2.45) is 35.5 Å². The highest BCUT2D eigenvalue weighted by Crippen LogP contribution is 2.34. The third-order valence-electron chi connectivity index (χ3n) is 13.1. The van der Waals surface area contributed by atoms with Gasteiger partial charge in [0.25, 0.3) is 5.91 Å². The van der Waals surface area contributed by atoms with Gasteiger partial charge < -0.3 is 43.5 Å². The molecule has 2 N–H and O–H groups in total. The topological polar surface area (TPSA) is 184 Å². The van der Waals surface area contributed by atoms with Crippen LogP contribution in [-0.4, -0.2) is 136 Å². The van der Waals surface area contributed by atoms with Crippen LogP contribution < -0.4 is 0 Å². The van der Waals surface area contributed by atoms with E-state index in [0.717, 1.165) is 31.3 Å². The van der Waals surface area contributed by atoms with E-state index in [-0.39, 0.29) is 86.0 Å². The van der Waals surface area contributed by atoms with Crippen molar-refractivity contribution in [3.63, 3.8) is 0 Å². The summed E-state index contributed by atoms with van der Waals surface area (Å²) in [7, 11) is 4.75. The molecule has 1 aliphatic carbocycles. The van der Waals surface area contributed by atoms with Crippen LogP contribution in [0.3, 0.4) is 0 Å². The lowest BCUT2D eigenvalue weighted by molar-refractivity contribution is -0.152. The van der Waals surface area contributed by atoms with Gasteiger partial charge in [0.1, 0.15) is 25.3 Å². The van der Waals surface area contributed by atoms with E-state index in [1.807, 2.05) is 52.0 Å². The minimum atomic E-state index is -0.650. The van der Waals surface area contributed by atoms with Gasteiger partial charge in [-0.1, -0.05) is 71.1 Å². The van der Waals surface area contributed by atoms with Crippen LogP contribution in [0.25, 0.3) is 0 Å². The first-order chi connectivity index (χ1) is 32.0. The van der Waals surface area contributed by atoms with Crippen molar-refractivity contribution in [1.82, 2.24) is 4.90 Å². The van der Waals surface area contributed by atoms with Crippen molar-refractivity contribution >= 4 is 29.5 Å². The molecule has 1 amide bonds. The third-order valence-corrected chi connectivity index (χ3v) is 13.1. The molecule has 11 atom stereocenters. The number of ether oxygens (including phenoxy) is 6. The van der Waals surface area contributed by atoms with Crippen molar-refractivity contribution in [1.29, 1.82) is 0 Å². The molecule has 2 fully saturated rings. The van der Waals surface area contributed by atoms with E-state index in [9.17, 15) is 34.2 Å². The summed E-state index contributed by atoms with van der Waals surface area (Å²) in [5.41, 5.74) is 1.42. The fourth-order valence-electron chi connectivity index (χ4n) is 8.77. The highest BCUT2D eigenvalue weighted by molar-refractivity contribution is 6.36. The number of aliphatic hydroxyl groups excluding tert-OH is 2. The summed E-state index contributed by atoms with van der Waals surface area (Å²) in [5.74, 6) is -1.22. The molecule has 0 radical (unpaired) electrons. The fraction of sp³-hybridized carbons (Fsp3) is 0.717. The average Bonchev–Trinajstić information content (AvgIpc) is 3.31. The predicted octanol–water partition coefficient (Wildman–Crippen LogP) is 7.50. The van der Waals surface area contributed by atoms with Gasteiger partial charge in [0.15, 0.2) is 18.4 Å². The van der Waals surface area contributed by atoms with E-state index in [1.54, 1.807) is 39.0 Å². The molecule has 1 saturated heterocycles. The van der Waals surface area contributed by atoms with Crippen LogP contribution in [0, 0.1) is 35.5 Å². The molecule has 2 rings (SSSR count). The molecular formula is C53H85NO13. The Hall–Kier alpha value is -3.63. The molecule has 0 aromatic heterocycles. The molecule has 0 bridgehead atoms. The number of methoxy groups -OCH3 is 3. The van der Waals surface area contributed by atoms with Gasteiger partial charge >= 0.3 is 0 Å². The number of aldehydes is 1. The molecule has 14 nitrogen and oxygen atoms in total. The third kappa shape index (κ3) is 22.6. The smallest absolute Gasteiger partial charge is 0.292 e. The number of nitrogens with zero attached hydrogens (tertiary/aromatic N) is 1. The number of ketones is 3. The predicted molar refractivity (Wildman–Crippen MR) is 259 cm³/mol. The number of amides is 1. The normalized spacial score (nSPS) is 23.1. The van der Waals surface area contributed by atoms with Crippen LogP contribution in [0.15, 0.2) is 59.4 Å². The Morgan fingerprint density at radius 2 is 1.63 bits per heavy atom. The number of hydrogen-bond donors (Lipinski definition) is 2. The second kappa shape index (κ2) is 33.0. The van der Waals surface area contributed by atoms with Crippen LogP contribution in [-0.2, 0) is 52.4 Å². The lowest BCUT2D eigenvalue weighted by Gasteiger charge is -2.35. The summed E-state index contributed by atoms with van der Waals surface area (Å²) in [4.78, 5) is 65.4. The fourth-order valence-corrected chi connectivity index (χ4v) is 8.77. The Labute approximate surface area is 401 Å². The molecule has 2 aliphatic rings. The molecule has 1 aliphatic heterocycles. The number of carbonyl (C=O) groups excluding carboxylic acids is 5. The SMILES string of the molecule is COCC(=O)[C@H](C)C[C@H](C)/C=C/C=C/C=C(\C)[C@H](C[C@H](CC[C@@H](C)CO)OCC(=O)C(=O)N1CCCC[C@H]1COCO/C(=C\C(=O)[C@H](C)/C=C(\C)C=O)[C@H](C)CC1CC[C@@H](O)[C@H](OC)C1)OC. The number of likely N-dealkylation sites (tertiary alicyclic amines) is 1. The summed E-state index contributed by atoms with van der Waals surface area (Å²) >= 11 is 0. The summed E-state index contributed by atoms with van der Waals surface area (Å²) in [6.45, 7) is 13.4. The first-order valence-electron chi connectivity index (χ1n) is 24.4. The maximum atomic E-state index is 13.7. The monoisotopic (exact) mass is 944 g/mol. The lowest BCUT2D eigenvalue weighted by atomic mass is 9.80. The van der Waals surface area contributed by atoms with Gasteiger partial charge in [-0.3, -0.25) is 24.0 Å². The summed E-state index contributed by atoms with van der Waals surface area (Å²) in [6.07, 6.45) is 19.7. The van der Waals surface area contributed by atoms with E-state index < -0.39 is 36.4 Å². The molecule has 0 aromatic carbocycles. The second-order valence-corrected chi connectivity index (χ2v) is 19.1. The maximum Gasteiger partial charge on any atom is 0.292 e. The van der Waals surface area contributed by atoms with Gasteiger partial charge in [-0.05, 0) is 107 Å². The van der Waals surface area contributed by atoms with E-state index in [4.69, 9.17) is 28.4 Å². The van der Waals surface area contributed by atoms with Crippen LogP contribution in [0.1, 0.15) is 119 Å². The summed E-state index contributed by atoms with van der Waals surface area (Å²) < 4.78 is 34.7. The molecule has 1 unspecified atom stereocenters. The first kappa shape index (κ1) is 59.5. The molecule has 1 heterocycles. The summed E-state index contributed by atoms with van der Waals surface area (Å²) in [5, 5.41) is 20.1. The Balaban J connectivity index is 2.08. The van der Waals surface area contributed by atoms with Gasteiger partial charge in [-0.15, -0.1) is 0 Å². The van der Waals surface area contributed by atoms with Crippen LogP contribution in [0.5, 0.6) is 0 Å². The quantitative estimate of drug-likeness (QED) is 0.0126. The lowest BCUT2D eigenvalue weighted by Crippen LogP contribution is -2.49. The van der Waals surface area contributed by atoms with E-state index in [2.05, 4.69) is 13.0 Å². The number of hydrogen-bond acceptors (Lipinski definition) is 13. The highest BCUT2D eigenvalue weighted by atomic mass is 16.7.